The van der Waals surface area contributed by atoms with Crippen LogP contribution in [-0.4, -0.2) is 15.0 Å². The molecule has 0 aliphatic carbocycles. The Morgan fingerprint density at radius 1 is 1.06 bits per heavy atom. The zero-order valence-electron chi connectivity index (χ0n) is 9.76. The lowest BCUT2D eigenvalue weighted by Gasteiger charge is -1.98. The number of halogens is 1. The monoisotopic (exact) mass is 242 g/mol. The number of benzene rings is 2. The Balaban J connectivity index is 2.19. The predicted molar refractivity (Wildman–Crippen MR) is 68.0 cm³/mol. The second-order valence-electron chi connectivity index (χ2n) is 4.11. The predicted octanol–water partition coefficient (Wildman–Crippen LogP) is 2.45. The molecule has 18 heavy (non-hydrogen) atoms. The van der Waals surface area contributed by atoms with Crippen LogP contribution in [0.2, 0.25) is 0 Å². The average molecular weight is 242 g/mol. The van der Waals surface area contributed by atoms with Gasteiger partial charge in [0.2, 0.25) is 0 Å². The van der Waals surface area contributed by atoms with E-state index in [1.54, 1.807) is 18.2 Å². The van der Waals surface area contributed by atoms with Crippen LogP contribution in [0, 0.1) is 12.7 Å². The first-order valence-corrected chi connectivity index (χ1v) is 5.53. The molecule has 0 atom stereocenters. The zero-order valence-corrected chi connectivity index (χ0v) is 9.76. The molecule has 1 heterocycles. The van der Waals surface area contributed by atoms with Gasteiger partial charge in [0.15, 0.2) is 0 Å². The highest BCUT2D eigenvalue weighted by molar-refractivity contribution is 5.82. The topological polar surface area (TPSA) is 56.7 Å². The summed E-state index contributed by atoms with van der Waals surface area (Å²) < 4.78 is 12.9. The first kappa shape index (κ1) is 10.7. The van der Waals surface area contributed by atoms with E-state index < -0.39 is 0 Å². The Morgan fingerprint density at radius 3 is 2.50 bits per heavy atom. The van der Waals surface area contributed by atoms with E-state index in [2.05, 4.69) is 10.2 Å². The van der Waals surface area contributed by atoms with E-state index in [9.17, 15) is 4.39 Å². The third-order valence-electron chi connectivity index (χ3n) is 2.91. The molecule has 1 aromatic heterocycles. The highest BCUT2D eigenvalue weighted by atomic mass is 19.1. The third kappa shape index (κ3) is 1.60. The van der Waals surface area contributed by atoms with Gasteiger partial charge in [0.05, 0.1) is 5.69 Å². The van der Waals surface area contributed by atoms with Gasteiger partial charge in [0.1, 0.15) is 16.9 Å². The fraction of sp³-hybridized carbons (Fsp3) is 0.0769. The van der Waals surface area contributed by atoms with Crippen molar-refractivity contribution in [3.63, 3.8) is 0 Å². The third-order valence-corrected chi connectivity index (χ3v) is 2.91. The lowest BCUT2D eigenvalue weighted by molar-refractivity contribution is 0.626. The molecule has 3 rings (SSSR count). The van der Waals surface area contributed by atoms with Gasteiger partial charge in [-0.25, -0.2) is 4.39 Å². The van der Waals surface area contributed by atoms with E-state index in [1.807, 2.05) is 13.0 Å². The summed E-state index contributed by atoms with van der Waals surface area (Å²) in [5.41, 5.74) is 9.67. The Morgan fingerprint density at radius 2 is 1.78 bits per heavy atom. The lowest BCUT2D eigenvalue weighted by Crippen LogP contribution is -1.98. The summed E-state index contributed by atoms with van der Waals surface area (Å²) in [5.74, 6) is -0.282. The number of anilines is 1. The van der Waals surface area contributed by atoms with Crippen molar-refractivity contribution in [2.45, 2.75) is 6.92 Å². The van der Waals surface area contributed by atoms with Crippen LogP contribution in [0.1, 0.15) is 5.56 Å². The maximum atomic E-state index is 12.9. The van der Waals surface area contributed by atoms with Crippen molar-refractivity contribution in [2.75, 3.05) is 5.73 Å². The van der Waals surface area contributed by atoms with Gasteiger partial charge >= 0.3 is 0 Å². The molecule has 0 bridgehead atoms. The summed E-state index contributed by atoms with van der Waals surface area (Å²) in [6, 6.07) is 9.65. The van der Waals surface area contributed by atoms with Gasteiger partial charge < -0.3 is 5.73 Å². The summed E-state index contributed by atoms with van der Waals surface area (Å²) in [6.45, 7) is 1.90. The van der Waals surface area contributed by atoms with Crippen LogP contribution < -0.4 is 5.73 Å². The lowest BCUT2D eigenvalue weighted by atomic mass is 10.2. The Hall–Kier alpha value is -2.43. The fourth-order valence-corrected chi connectivity index (χ4v) is 1.82. The minimum atomic E-state index is -0.282. The molecule has 5 heteroatoms. The summed E-state index contributed by atoms with van der Waals surface area (Å²) in [7, 11) is 0. The van der Waals surface area contributed by atoms with E-state index in [4.69, 9.17) is 5.73 Å². The van der Waals surface area contributed by atoms with Crippen LogP contribution in [0.5, 0.6) is 0 Å². The standard InChI is InChI=1S/C13H11FN4/c1-8-11(15)6-7-12-13(8)17-18(16-12)10-4-2-9(14)3-5-10/h2-7H,15H2,1H3. The fourth-order valence-electron chi connectivity index (χ4n) is 1.82. The minimum Gasteiger partial charge on any atom is -0.398 e. The number of fused-ring (bicyclic) bond motifs is 1. The van der Waals surface area contributed by atoms with E-state index >= 15 is 0 Å². The maximum Gasteiger partial charge on any atom is 0.123 e. The molecular formula is C13H11FN4. The van der Waals surface area contributed by atoms with Crippen LogP contribution in [0.3, 0.4) is 0 Å². The Kier molecular flexibility index (Phi) is 2.26. The van der Waals surface area contributed by atoms with Crippen LogP contribution in [0.15, 0.2) is 36.4 Å². The average Bonchev–Trinajstić information content (AvgIpc) is 2.80. The van der Waals surface area contributed by atoms with Crippen molar-refractivity contribution >= 4 is 16.7 Å². The normalized spacial score (nSPS) is 11.0. The van der Waals surface area contributed by atoms with Gasteiger partial charge in [0.25, 0.3) is 0 Å². The van der Waals surface area contributed by atoms with Crippen LogP contribution in [-0.2, 0) is 0 Å². The molecule has 0 unspecified atom stereocenters. The van der Waals surface area contributed by atoms with Crippen LogP contribution >= 0.6 is 0 Å². The van der Waals surface area contributed by atoms with Crippen molar-refractivity contribution in [1.29, 1.82) is 0 Å². The van der Waals surface area contributed by atoms with E-state index in [-0.39, 0.29) is 5.82 Å². The SMILES string of the molecule is Cc1c(N)ccc2nn(-c3ccc(F)cc3)nc12. The van der Waals surface area contributed by atoms with Gasteiger partial charge in [0, 0.05) is 11.3 Å². The number of nitrogens with zero attached hydrogens (tertiary/aromatic N) is 3. The first-order chi connectivity index (χ1) is 8.65. The molecular weight excluding hydrogens is 231 g/mol. The molecule has 0 amide bonds. The number of nitrogen functional groups attached to an aromatic ring is 1. The Bertz CT molecular complexity index is 716. The molecule has 0 saturated heterocycles. The number of nitrogens with two attached hydrogens (primary N) is 1. The summed E-state index contributed by atoms with van der Waals surface area (Å²) >= 11 is 0. The molecule has 90 valence electrons. The largest absolute Gasteiger partial charge is 0.398 e. The molecule has 0 aliphatic heterocycles. The van der Waals surface area contributed by atoms with Crippen LogP contribution in [0.4, 0.5) is 10.1 Å². The smallest absolute Gasteiger partial charge is 0.123 e. The quantitative estimate of drug-likeness (QED) is 0.667. The molecule has 0 fully saturated rings. The number of rotatable bonds is 1. The number of hydrogen-bond donors (Lipinski definition) is 1. The number of aromatic nitrogens is 3. The molecule has 0 spiro atoms. The van der Waals surface area contributed by atoms with Gasteiger partial charge in [-0.2, -0.15) is 4.80 Å². The molecule has 2 N–H and O–H groups in total. The van der Waals surface area contributed by atoms with E-state index in [0.29, 0.717) is 11.4 Å². The van der Waals surface area contributed by atoms with Gasteiger partial charge in [-0.15, -0.1) is 10.2 Å². The summed E-state index contributed by atoms with van der Waals surface area (Å²) in [5, 5.41) is 8.72. The molecule has 0 radical (unpaired) electrons. The van der Waals surface area contributed by atoms with E-state index in [1.165, 1.54) is 16.9 Å². The van der Waals surface area contributed by atoms with Crippen molar-refractivity contribution in [3.05, 3.63) is 47.8 Å². The highest BCUT2D eigenvalue weighted by Crippen LogP contribution is 2.21. The maximum absolute atomic E-state index is 12.9. The van der Waals surface area contributed by atoms with Crippen molar-refractivity contribution in [1.82, 2.24) is 15.0 Å². The molecule has 3 aromatic rings. The van der Waals surface area contributed by atoms with Crippen molar-refractivity contribution < 1.29 is 4.39 Å². The van der Waals surface area contributed by atoms with Gasteiger partial charge in [-0.3, -0.25) is 0 Å². The second kappa shape index (κ2) is 3.80. The number of aryl methyl sites for hydroxylation is 1. The molecule has 2 aromatic carbocycles. The molecule has 0 aliphatic rings. The Labute approximate surface area is 103 Å². The highest BCUT2D eigenvalue weighted by Gasteiger charge is 2.08. The van der Waals surface area contributed by atoms with Crippen LogP contribution in [0.25, 0.3) is 16.7 Å². The summed E-state index contributed by atoms with van der Waals surface area (Å²) in [6.07, 6.45) is 0. The van der Waals surface area contributed by atoms with Gasteiger partial charge in [-0.1, -0.05) is 0 Å². The molecule has 4 nitrogen and oxygen atoms in total. The number of hydrogen-bond acceptors (Lipinski definition) is 3. The first-order valence-electron chi connectivity index (χ1n) is 5.53. The minimum absolute atomic E-state index is 0.282. The van der Waals surface area contributed by atoms with Crippen molar-refractivity contribution in [2.24, 2.45) is 0 Å². The summed E-state index contributed by atoms with van der Waals surface area (Å²) in [4.78, 5) is 1.48. The zero-order chi connectivity index (χ0) is 12.7. The van der Waals surface area contributed by atoms with E-state index in [0.717, 1.165) is 16.6 Å². The second-order valence-corrected chi connectivity index (χ2v) is 4.11. The van der Waals surface area contributed by atoms with Gasteiger partial charge in [-0.05, 0) is 43.3 Å². The van der Waals surface area contributed by atoms with Crippen molar-refractivity contribution in [3.8, 4) is 5.69 Å². The molecule has 0 saturated carbocycles.